The SMILES string of the molecule is Nc1ccccc1Sc1c[nH]c2ccc(C(F)(F)F)cc12. The number of aromatic nitrogens is 1. The lowest BCUT2D eigenvalue weighted by atomic mass is 10.1. The van der Waals surface area contributed by atoms with Crippen LogP contribution in [0.1, 0.15) is 5.56 Å². The highest BCUT2D eigenvalue weighted by Gasteiger charge is 2.30. The van der Waals surface area contributed by atoms with Crippen molar-refractivity contribution in [2.45, 2.75) is 16.0 Å². The van der Waals surface area contributed by atoms with Crippen LogP contribution >= 0.6 is 11.8 Å². The highest BCUT2D eigenvalue weighted by atomic mass is 32.2. The molecular weight excluding hydrogens is 297 g/mol. The topological polar surface area (TPSA) is 41.8 Å². The van der Waals surface area contributed by atoms with Gasteiger partial charge in [-0.2, -0.15) is 13.2 Å². The number of hydrogen-bond donors (Lipinski definition) is 2. The van der Waals surface area contributed by atoms with Crippen LogP contribution < -0.4 is 5.73 Å². The number of H-pyrrole nitrogens is 1. The molecule has 1 heterocycles. The number of halogens is 3. The molecule has 108 valence electrons. The van der Waals surface area contributed by atoms with Crippen molar-refractivity contribution in [1.29, 1.82) is 0 Å². The van der Waals surface area contributed by atoms with Gasteiger partial charge in [-0.15, -0.1) is 0 Å². The monoisotopic (exact) mass is 308 g/mol. The molecule has 0 unspecified atom stereocenters. The van der Waals surface area contributed by atoms with E-state index in [4.69, 9.17) is 5.73 Å². The molecule has 0 aliphatic rings. The third-order valence-electron chi connectivity index (χ3n) is 3.11. The summed E-state index contributed by atoms with van der Waals surface area (Å²) in [6.07, 6.45) is -2.65. The van der Waals surface area contributed by atoms with Crippen LogP contribution in [0.15, 0.2) is 58.5 Å². The van der Waals surface area contributed by atoms with Gasteiger partial charge < -0.3 is 10.7 Å². The number of alkyl halides is 3. The summed E-state index contributed by atoms with van der Waals surface area (Å²) in [4.78, 5) is 4.51. The zero-order valence-corrected chi connectivity index (χ0v) is 11.6. The summed E-state index contributed by atoms with van der Waals surface area (Å²) in [7, 11) is 0. The Balaban J connectivity index is 2.05. The first-order chi connectivity index (χ1) is 9.95. The molecule has 3 rings (SSSR count). The Kier molecular flexibility index (Phi) is 3.33. The average Bonchev–Trinajstić information content (AvgIpc) is 2.83. The number of benzene rings is 2. The lowest BCUT2D eigenvalue weighted by Gasteiger charge is -2.07. The molecule has 21 heavy (non-hydrogen) atoms. The number of anilines is 1. The van der Waals surface area contributed by atoms with Crippen molar-refractivity contribution < 1.29 is 13.2 Å². The van der Waals surface area contributed by atoms with Gasteiger partial charge in [-0.25, -0.2) is 0 Å². The minimum Gasteiger partial charge on any atom is -0.398 e. The molecule has 0 bridgehead atoms. The van der Waals surface area contributed by atoms with Gasteiger partial charge in [0.15, 0.2) is 0 Å². The summed E-state index contributed by atoms with van der Waals surface area (Å²) in [6.45, 7) is 0. The van der Waals surface area contributed by atoms with E-state index in [1.165, 1.54) is 17.8 Å². The van der Waals surface area contributed by atoms with Crippen molar-refractivity contribution in [2.24, 2.45) is 0 Å². The number of aromatic amines is 1. The van der Waals surface area contributed by atoms with E-state index in [1.807, 2.05) is 18.2 Å². The fourth-order valence-electron chi connectivity index (χ4n) is 2.05. The number of para-hydroxylation sites is 1. The maximum Gasteiger partial charge on any atom is 0.416 e. The van der Waals surface area contributed by atoms with E-state index in [0.29, 0.717) is 21.5 Å². The van der Waals surface area contributed by atoms with E-state index in [1.54, 1.807) is 12.3 Å². The van der Waals surface area contributed by atoms with Gasteiger partial charge in [0.05, 0.1) is 5.56 Å². The fourth-order valence-corrected chi connectivity index (χ4v) is 3.01. The standard InChI is InChI=1S/C15H11F3N2S/c16-15(17,18)9-5-6-12-10(7-9)14(8-20-12)21-13-4-2-1-3-11(13)19/h1-8,20H,19H2. The molecule has 3 N–H and O–H groups in total. The summed E-state index contributed by atoms with van der Waals surface area (Å²) >= 11 is 1.35. The molecule has 0 spiro atoms. The Labute approximate surface area is 123 Å². The molecule has 3 aromatic rings. The van der Waals surface area contributed by atoms with Gasteiger partial charge in [-0.05, 0) is 30.3 Å². The molecule has 0 aliphatic heterocycles. The van der Waals surface area contributed by atoms with Gasteiger partial charge >= 0.3 is 6.18 Å². The van der Waals surface area contributed by atoms with Crippen molar-refractivity contribution in [3.8, 4) is 0 Å². The number of rotatable bonds is 2. The Bertz CT molecular complexity index is 793. The second-order valence-electron chi connectivity index (χ2n) is 4.55. The summed E-state index contributed by atoms with van der Waals surface area (Å²) in [5.74, 6) is 0. The van der Waals surface area contributed by atoms with Crippen molar-refractivity contribution in [1.82, 2.24) is 4.98 Å². The number of nitrogens with one attached hydrogen (secondary N) is 1. The fraction of sp³-hybridized carbons (Fsp3) is 0.0667. The number of hydrogen-bond acceptors (Lipinski definition) is 2. The third-order valence-corrected chi connectivity index (χ3v) is 4.26. The van der Waals surface area contributed by atoms with Crippen LogP contribution in [0, 0.1) is 0 Å². The van der Waals surface area contributed by atoms with Crippen molar-refractivity contribution in [3.05, 3.63) is 54.2 Å². The van der Waals surface area contributed by atoms with Gasteiger partial charge in [-0.3, -0.25) is 0 Å². The second-order valence-corrected chi connectivity index (χ2v) is 5.63. The number of nitrogen functional groups attached to an aromatic ring is 1. The summed E-state index contributed by atoms with van der Waals surface area (Å²) < 4.78 is 38.4. The van der Waals surface area contributed by atoms with Crippen LogP contribution in [-0.4, -0.2) is 4.98 Å². The summed E-state index contributed by atoms with van der Waals surface area (Å²) in [5.41, 5.74) is 6.48. The first kappa shape index (κ1) is 13.9. The number of fused-ring (bicyclic) bond motifs is 1. The van der Waals surface area contributed by atoms with Gasteiger partial charge in [0, 0.05) is 32.6 Å². The van der Waals surface area contributed by atoms with Crippen LogP contribution in [0.4, 0.5) is 18.9 Å². The second kappa shape index (κ2) is 5.04. The molecule has 2 nitrogen and oxygen atoms in total. The lowest BCUT2D eigenvalue weighted by Crippen LogP contribution is -2.04. The molecule has 0 radical (unpaired) electrons. The zero-order valence-electron chi connectivity index (χ0n) is 10.7. The van der Waals surface area contributed by atoms with E-state index in [9.17, 15) is 13.2 Å². The lowest BCUT2D eigenvalue weighted by molar-refractivity contribution is -0.137. The number of nitrogens with two attached hydrogens (primary N) is 1. The van der Waals surface area contributed by atoms with Crippen LogP contribution in [0.25, 0.3) is 10.9 Å². The van der Waals surface area contributed by atoms with E-state index in [-0.39, 0.29) is 0 Å². The largest absolute Gasteiger partial charge is 0.416 e. The van der Waals surface area contributed by atoms with Crippen LogP contribution in [0.2, 0.25) is 0 Å². The van der Waals surface area contributed by atoms with Gasteiger partial charge in [0.2, 0.25) is 0 Å². The molecule has 0 aliphatic carbocycles. The van der Waals surface area contributed by atoms with Crippen LogP contribution in [0.5, 0.6) is 0 Å². The molecule has 2 aromatic carbocycles. The molecule has 0 fully saturated rings. The Morgan fingerprint density at radius 3 is 2.48 bits per heavy atom. The summed E-state index contributed by atoms with van der Waals surface area (Å²) in [6, 6.07) is 10.9. The Hall–Kier alpha value is -2.08. The van der Waals surface area contributed by atoms with Crippen molar-refractivity contribution >= 4 is 28.4 Å². The van der Waals surface area contributed by atoms with Gasteiger partial charge in [-0.1, -0.05) is 23.9 Å². The Morgan fingerprint density at radius 1 is 1.00 bits per heavy atom. The first-order valence-corrected chi connectivity index (χ1v) is 6.97. The molecule has 0 saturated carbocycles. The minimum absolute atomic E-state index is 0.540. The summed E-state index contributed by atoms with van der Waals surface area (Å²) in [5, 5.41) is 0.540. The maximum absolute atomic E-state index is 12.8. The van der Waals surface area contributed by atoms with Gasteiger partial charge in [0.25, 0.3) is 0 Å². The Morgan fingerprint density at radius 2 is 1.76 bits per heavy atom. The normalized spacial score (nSPS) is 12.0. The van der Waals surface area contributed by atoms with E-state index >= 15 is 0 Å². The van der Waals surface area contributed by atoms with E-state index < -0.39 is 11.7 Å². The molecule has 0 amide bonds. The highest BCUT2D eigenvalue weighted by Crippen LogP contribution is 2.38. The molecule has 1 aromatic heterocycles. The maximum atomic E-state index is 12.8. The predicted octanol–water partition coefficient (Wildman–Crippen LogP) is 4.92. The first-order valence-electron chi connectivity index (χ1n) is 6.16. The quantitative estimate of drug-likeness (QED) is 0.660. The van der Waals surface area contributed by atoms with Crippen molar-refractivity contribution in [3.63, 3.8) is 0 Å². The van der Waals surface area contributed by atoms with Crippen LogP contribution in [0.3, 0.4) is 0 Å². The highest BCUT2D eigenvalue weighted by molar-refractivity contribution is 7.99. The average molecular weight is 308 g/mol. The molecule has 0 atom stereocenters. The predicted molar refractivity (Wildman–Crippen MR) is 78.3 cm³/mol. The van der Waals surface area contributed by atoms with Gasteiger partial charge in [0.1, 0.15) is 0 Å². The zero-order chi connectivity index (χ0) is 15.0. The van der Waals surface area contributed by atoms with Crippen LogP contribution in [-0.2, 0) is 6.18 Å². The van der Waals surface area contributed by atoms with E-state index in [2.05, 4.69) is 4.98 Å². The molecular formula is C15H11F3N2S. The molecule has 0 saturated heterocycles. The van der Waals surface area contributed by atoms with E-state index in [0.717, 1.165) is 17.0 Å². The third kappa shape index (κ3) is 2.71. The minimum atomic E-state index is -4.35. The van der Waals surface area contributed by atoms with Crippen molar-refractivity contribution in [2.75, 3.05) is 5.73 Å². The smallest absolute Gasteiger partial charge is 0.398 e. The molecule has 6 heteroatoms.